The van der Waals surface area contributed by atoms with E-state index in [9.17, 15) is 9.59 Å². The van der Waals surface area contributed by atoms with Crippen molar-refractivity contribution in [1.82, 2.24) is 0 Å². The average molecular weight is 168 g/mol. The molecule has 3 heteroatoms. The van der Waals surface area contributed by atoms with Gasteiger partial charge in [-0.15, -0.1) is 0 Å². The first-order chi connectivity index (χ1) is 5.25. The minimum absolute atomic E-state index is 0.0987. The molecule has 1 rings (SSSR count). The smallest absolute Gasteiger partial charge is 0.144 e. The topological polar surface area (TPSA) is 34.1 Å². The van der Waals surface area contributed by atoms with E-state index in [1.54, 1.807) is 6.07 Å². The van der Waals surface area contributed by atoms with Crippen molar-refractivity contribution in [2.75, 3.05) is 0 Å². The second-order valence-corrected chi connectivity index (χ2v) is 3.06. The summed E-state index contributed by atoms with van der Waals surface area (Å²) in [6, 6.07) is 1.80. The molecule has 0 aliphatic carbocycles. The lowest BCUT2D eigenvalue weighted by atomic mass is 10.0. The summed E-state index contributed by atoms with van der Waals surface area (Å²) in [7, 11) is 0. The first-order valence-electron chi connectivity index (χ1n) is 3.23. The number of Topliss-reactive ketones (excluding diaryl/α,β-unsaturated/α-hetero) is 1. The number of aldehydes is 1. The number of hydrogen-bond acceptors (Lipinski definition) is 3. The van der Waals surface area contributed by atoms with Gasteiger partial charge in [0.15, 0.2) is 0 Å². The number of hydrogen-bond donors (Lipinski definition) is 0. The lowest BCUT2D eigenvalue weighted by Gasteiger charge is -2.00. The molecular formula is C8H8O2S. The third kappa shape index (κ3) is 1.74. The van der Waals surface area contributed by atoms with Gasteiger partial charge in [0.2, 0.25) is 0 Å². The number of carbonyl (C=O) groups is 2. The van der Waals surface area contributed by atoms with Crippen molar-refractivity contribution in [3.05, 3.63) is 22.4 Å². The summed E-state index contributed by atoms with van der Waals surface area (Å²) in [6.07, 6.45) is 0.685. The van der Waals surface area contributed by atoms with Crippen molar-refractivity contribution in [3.8, 4) is 0 Å². The van der Waals surface area contributed by atoms with Crippen molar-refractivity contribution >= 4 is 23.4 Å². The first-order valence-corrected chi connectivity index (χ1v) is 4.18. The van der Waals surface area contributed by atoms with Gasteiger partial charge in [0.1, 0.15) is 12.1 Å². The summed E-state index contributed by atoms with van der Waals surface area (Å²) in [5, 5.41) is 3.68. The van der Waals surface area contributed by atoms with Crippen LogP contribution in [0.15, 0.2) is 16.8 Å². The molecule has 0 amide bonds. The van der Waals surface area contributed by atoms with Gasteiger partial charge in [-0.2, -0.15) is 11.3 Å². The van der Waals surface area contributed by atoms with Crippen molar-refractivity contribution in [3.63, 3.8) is 0 Å². The van der Waals surface area contributed by atoms with Gasteiger partial charge in [0.25, 0.3) is 0 Å². The Balaban J connectivity index is 2.88. The van der Waals surface area contributed by atoms with E-state index in [-0.39, 0.29) is 5.78 Å². The summed E-state index contributed by atoms with van der Waals surface area (Å²) in [5.41, 5.74) is 0.803. The van der Waals surface area contributed by atoms with Crippen LogP contribution in [0.4, 0.5) is 0 Å². The van der Waals surface area contributed by atoms with Gasteiger partial charge in [0.05, 0.1) is 5.92 Å². The van der Waals surface area contributed by atoms with Crippen LogP contribution in [0.1, 0.15) is 18.4 Å². The molecule has 1 heterocycles. The van der Waals surface area contributed by atoms with Crippen LogP contribution in [0.2, 0.25) is 0 Å². The largest absolute Gasteiger partial charge is 0.302 e. The molecule has 0 N–H and O–H groups in total. The summed E-state index contributed by atoms with van der Waals surface area (Å²) in [5.74, 6) is -0.653. The minimum Gasteiger partial charge on any atom is -0.302 e. The molecule has 0 bridgehead atoms. The van der Waals surface area contributed by atoms with Crippen LogP contribution in [0.5, 0.6) is 0 Å². The molecule has 0 radical (unpaired) electrons. The molecule has 1 aromatic rings. The van der Waals surface area contributed by atoms with E-state index in [1.165, 1.54) is 18.3 Å². The SMILES string of the molecule is CC(=O)C(C=O)c1ccsc1. The maximum Gasteiger partial charge on any atom is 0.144 e. The molecule has 58 valence electrons. The number of thiophene rings is 1. The molecule has 11 heavy (non-hydrogen) atoms. The van der Waals surface area contributed by atoms with Crippen molar-refractivity contribution in [1.29, 1.82) is 0 Å². The van der Waals surface area contributed by atoms with Gasteiger partial charge in [-0.1, -0.05) is 0 Å². The van der Waals surface area contributed by atoms with Gasteiger partial charge in [-0.05, 0) is 29.3 Å². The van der Waals surface area contributed by atoms with Crippen LogP contribution in [0.25, 0.3) is 0 Å². The lowest BCUT2D eigenvalue weighted by Crippen LogP contribution is -2.08. The highest BCUT2D eigenvalue weighted by molar-refractivity contribution is 7.08. The second-order valence-electron chi connectivity index (χ2n) is 2.28. The van der Waals surface area contributed by atoms with Crippen molar-refractivity contribution in [2.45, 2.75) is 12.8 Å². The van der Waals surface area contributed by atoms with Gasteiger partial charge >= 0.3 is 0 Å². The monoisotopic (exact) mass is 168 g/mol. The molecule has 1 atom stereocenters. The van der Waals surface area contributed by atoms with E-state index in [1.807, 2.05) is 10.8 Å². The number of rotatable bonds is 3. The quantitative estimate of drug-likeness (QED) is 0.507. The molecule has 0 aliphatic heterocycles. The van der Waals surface area contributed by atoms with E-state index >= 15 is 0 Å². The Morgan fingerprint density at radius 3 is 2.82 bits per heavy atom. The maximum absolute atomic E-state index is 10.8. The Kier molecular flexibility index (Phi) is 2.54. The Morgan fingerprint density at radius 2 is 2.45 bits per heavy atom. The number of carbonyl (C=O) groups excluding carboxylic acids is 2. The Hall–Kier alpha value is -0.960. The molecular weight excluding hydrogens is 160 g/mol. The molecule has 2 nitrogen and oxygen atoms in total. The van der Waals surface area contributed by atoms with E-state index in [2.05, 4.69) is 0 Å². The normalized spacial score (nSPS) is 12.5. The van der Waals surface area contributed by atoms with Crippen LogP contribution >= 0.6 is 11.3 Å². The molecule has 0 fully saturated rings. The molecule has 0 saturated carbocycles. The van der Waals surface area contributed by atoms with Crippen LogP contribution in [-0.2, 0) is 9.59 Å². The fourth-order valence-corrected chi connectivity index (χ4v) is 1.56. The highest BCUT2D eigenvalue weighted by atomic mass is 32.1. The van der Waals surface area contributed by atoms with Gasteiger partial charge in [0, 0.05) is 0 Å². The lowest BCUT2D eigenvalue weighted by molar-refractivity contribution is -0.122. The zero-order valence-electron chi connectivity index (χ0n) is 6.11. The minimum atomic E-state index is -0.554. The summed E-state index contributed by atoms with van der Waals surface area (Å²) in [4.78, 5) is 21.3. The van der Waals surface area contributed by atoms with Gasteiger partial charge in [-0.25, -0.2) is 0 Å². The molecule has 1 unspecified atom stereocenters. The Morgan fingerprint density at radius 1 is 1.73 bits per heavy atom. The first kappa shape index (κ1) is 8.14. The second kappa shape index (κ2) is 3.44. The fraction of sp³-hybridized carbons (Fsp3) is 0.250. The molecule has 0 saturated heterocycles. The van der Waals surface area contributed by atoms with Crippen molar-refractivity contribution in [2.24, 2.45) is 0 Å². The predicted octanol–water partition coefficient (Wildman–Crippen LogP) is 1.62. The molecule has 0 spiro atoms. The molecule has 0 aromatic carbocycles. The predicted molar refractivity (Wildman–Crippen MR) is 43.8 cm³/mol. The van der Waals surface area contributed by atoms with Crippen LogP contribution in [0, 0.1) is 0 Å². The van der Waals surface area contributed by atoms with E-state index in [0.717, 1.165) is 5.56 Å². The highest BCUT2D eigenvalue weighted by Gasteiger charge is 2.14. The average Bonchev–Trinajstić information content (AvgIpc) is 2.40. The maximum atomic E-state index is 10.8. The Labute approximate surface area is 68.9 Å². The standard InChI is InChI=1S/C8H8O2S/c1-6(10)8(4-9)7-2-3-11-5-7/h2-5,8H,1H3. The molecule has 0 aliphatic rings. The summed E-state index contributed by atoms with van der Waals surface area (Å²) >= 11 is 1.49. The molecule has 1 aromatic heterocycles. The van der Waals surface area contributed by atoms with Crippen LogP contribution in [0.3, 0.4) is 0 Å². The zero-order chi connectivity index (χ0) is 8.27. The van der Waals surface area contributed by atoms with Crippen LogP contribution in [-0.4, -0.2) is 12.1 Å². The zero-order valence-corrected chi connectivity index (χ0v) is 6.93. The van der Waals surface area contributed by atoms with Crippen LogP contribution < -0.4 is 0 Å². The third-order valence-electron chi connectivity index (χ3n) is 1.48. The Bertz CT molecular complexity index is 251. The highest BCUT2D eigenvalue weighted by Crippen LogP contribution is 2.17. The van der Waals surface area contributed by atoms with Crippen molar-refractivity contribution < 1.29 is 9.59 Å². The van der Waals surface area contributed by atoms with Gasteiger partial charge < -0.3 is 4.79 Å². The van der Waals surface area contributed by atoms with Gasteiger partial charge in [-0.3, -0.25) is 4.79 Å². The summed E-state index contributed by atoms with van der Waals surface area (Å²) in [6.45, 7) is 1.43. The third-order valence-corrected chi connectivity index (χ3v) is 2.18. The van der Waals surface area contributed by atoms with E-state index in [0.29, 0.717) is 6.29 Å². The number of ketones is 1. The summed E-state index contributed by atoms with van der Waals surface area (Å²) < 4.78 is 0. The van der Waals surface area contributed by atoms with E-state index in [4.69, 9.17) is 0 Å². The fourth-order valence-electron chi connectivity index (χ4n) is 0.861. The van der Waals surface area contributed by atoms with E-state index < -0.39 is 5.92 Å².